The monoisotopic (exact) mass is 456 g/mol. The standard InChI is InChI=1S/C25H33FN4O3/c1-15(2)13-29-11-9-25(33,24(4,5)14-29)18-6-7-19-17(22(18)26)12-20(16(3)27-19)30-10-8-21(31)28-23(30)32/h6-7,12,15,33H,8-11,13-14H2,1-5H3,(H,28,31,32). The number of aryl methyl sites for hydroxylation is 1. The number of piperidine rings is 1. The Morgan fingerprint density at radius 3 is 2.61 bits per heavy atom. The van der Waals surface area contributed by atoms with E-state index in [0.717, 1.165) is 6.54 Å². The Bertz CT molecular complexity index is 1120. The number of halogens is 1. The summed E-state index contributed by atoms with van der Waals surface area (Å²) in [5.74, 6) is -0.327. The first kappa shape index (κ1) is 23.6. The molecule has 0 aliphatic carbocycles. The summed E-state index contributed by atoms with van der Waals surface area (Å²) in [5, 5.41) is 14.4. The molecule has 2 aromatic rings. The van der Waals surface area contributed by atoms with Crippen LogP contribution in [0, 0.1) is 24.1 Å². The molecule has 0 bridgehead atoms. The molecule has 1 aromatic heterocycles. The van der Waals surface area contributed by atoms with Gasteiger partial charge in [0.05, 0.1) is 22.5 Å². The Hall–Kier alpha value is -2.58. The quantitative estimate of drug-likeness (QED) is 0.733. The van der Waals surface area contributed by atoms with Gasteiger partial charge < -0.3 is 10.0 Å². The van der Waals surface area contributed by atoms with E-state index >= 15 is 4.39 Å². The molecule has 3 heterocycles. The van der Waals surface area contributed by atoms with E-state index in [0.29, 0.717) is 42.3 Å². The molecule has 2 N–H and O–H groups in total. The van der Waals surface area contributed by atoms with E-state index < -0.39 is 22.9 Å². The minimum atomic E-state index is -1.33. The van der Waals surface area contributed by atoms with Gasteiger partial charge in [0, 0.05) is 49.0 Å². The van der Waals surface area contributed by atoms with Gasteiger partial charge in [0.2, 0.25) is 5.91 Å². The molecular formula is C25H33FN4O3. The molecule has 7 nitrogen and oxygen atoms in total. The third-order valence-corrected chi connectivity index (χ3v) is 7.04. The van der Waals surface area contributed by atoms with Crippen molar-refractivity contribution in [2.75, 3.05) is 31.1 Å². The van der Waals surface area contributed by atoms with Crippen LogP contribution in [-0.2, 0) is 10.4 Å². The van der Waals surface area contributed by atoms with Crippen LogP contribution in [0.3, 0.4) is 0 Å². The number of aromatic nitrogens is 1. The molecule has 1 atom stereocenters. The number of rotatable bonds is 4. The molecule has 2 aliphatic rings. The number of urea groups is 1. The van der Waals surface area contributed by atoms with Gasteiger partial charge in [-0.25, -0.2) is 9.18 Å². The van der Waals surface area contributed by atoms with E-state index in [-0.39, 0.29) is 29.8 Å². The van der Waals surface area contributed by atoms with Gasteiger partial charge >= 0.3 is 6.03 Å². The second-order valence-electron chi connectivity index (χ2n) is 10.5. The van der Waals surface area contributed by atoms with Crippen LogP contribution in [0.5, 0.6) is 0 Å². The van der Waals surface area contributed by atoms with Crippen LogP contribution in [0.2, 0.25) is 0 Å². The molecule has 1 unspecified atom stereocenters. The molecule has 1 aromatic carbocycles. The van der Waals surface area contributed by atoms with Crippen LogP contribution in [-0.4, -0.2) is 53.1 Å². The maximum Gasteiger partial charge on any atom is 0.328 e. The number of carbonyl (C=O) groups is 2. The van der Waals surface area contributed by atoms with Gasteiger partial charge in [-0.1, -0.05) is 33.8 Å². The molecule has 2 aliphatic heterocycles. The van der Waals surface area contributed by atoms with Crippen molar-refractivity contribution in [3.8, 4) is 0 Å². The highest BCUT2D eigenvalue weighted by Crippen LogP contribution is 2.47. The van der Waals surface area contributed by atoms with Gasteiger partial charge in [0.1, 0.15) is 5.82 Å². The second-order valence-corrected chi connectivity index (χ2v) is 10.5. The number of carbonyl (C=O) groups excluding carboxylic acids is 2. The number of amides is 3. The molecule has 178 valence electrons. The van der Waals surface area contributed by atoms with Gasteiger partial charge in [-0.05, 0) is 31.4 Å². The summed E-state index contributed by atoms with van der Waals surface area (Å²) in [6.07, 6.45) is 0.602. The average Bonchev–Trinajstić information content (AvgIpc) is 2.70. The van der Waals surface area contributed by atoms with Crippen LogP contribution < -0.4 is 10.2 Å². The smallest absolute Gasteiger partial charge is 0.328 e. The zero-order chi connectivity index (χ0) is 24.1. The third kappa shape index (κ3) is 4.10. The van der Waals surface area contributed by atoms with Crippen molar-refractivity contribution in [2.45, 2.75) is 53.1 Å². The number of hydrogen-bond donors (Lipinski definition) is 2. The first-order valence-corrected chi connectivity index (χ1v) is 11.6. The van der Waals surface area contributed by atoms with Gasteiger partial charge in [0.25, 0.3) is 0 Å². The molecule has 0 spiro atoms. The van der Waals surface area contributed by atoms with Gasteiger partial charge in [-0.3, -0.25) is 20.0 Å². The lowest BCUT2D eigenvalue weighted by atomic mass is 9.66. The fourth-order valence-electron chi connectivity index (χ4n) is 5.28. The minimum Gasteiger partial charge on any atom is -0.384 e. The van der Waals surface area contributed by atoms with E-state index in [4.69, 9.17) is 0 Å². The first-order chi connectivity index (χ1) is 15.4. The van der Waals surface area contributed by atoms with Crippen LogP contribution in [0.25, 0.3) is 10.9 Å². The predicted molar refractivity (Wildman–Crippen MR) is 126 cm³/mol. The van der Waals surface area contributed by atoms with Crippen LogP contribution in [0.1, 0.15) is 51.8 Å². The largest absolute Gasteiger partial charge is 0.384 e. The van der Waals surface area contributed by atoms with Crippen molar-refractivity contribution in [1.29, 1.82) is 0 Å². The van der Waals surface area contributed by atoms with E-state index in [2.05, 4.69) is 29.0 Å². The number of nitrogens with zero attached hydrogens (tertiary/aromatic N) is 3. The van der Waals surface area contributed by atoms with E-state index in [9.17, 15) is 14.7 Å². The van der Waals surface area contributed by atoms with Crippen LogP contribution in [0.4, 0.5) is 14.9 Å². The average molecular weight is 457 g/mol. The Balaban J connectivity index is 1.75. The summed E-state index contributed by atoms with van der Waals surface area (Å²) in [6, 6.07) is 4.45. The van der Waals surface area contributed by atoms with Crippen molar-refractivity contribution < 1.29 is 19.1 Å². The molecule has 4 rings (SSSR count). The van der Waals surface area contributed by atoms with E-state index in [1.807, 2.05) is 13.8 Å². The summed E-state index contributed by atoms with van der Waals surface area (Å²) in [6.45, 7) is 12.6. The highest BCUT2D eigenvalue weighted by atomic mass is 19.1. The summed E-state index contributed by atoms with van der Waals surface area (Å²) in [5.41, 5.74) is -0.146. The van der Waals surface area contributed by atoms with Crippen molar-refractivity contribution in [3.05, 3.63) is 35.3 Å². The zero-order valence-corrected chi connectivity index (χ0v) is 20.0. The lowest BCUT2D eigenvalue weighted by Crippen LogP contribution is -2.56. The lowest BCUT2D eigenvalue weighted by Gasteiger charge is -2.51. The van der Waals surface area contributed by atoms with Crippen molar-refractivity contribution in [2.24, 2.45) is 11.3 Å². The molecule has 3 amide bonds. The normalized spacial score (nSPS) is 23.9. The lowest BCUT2D eigenvalue weighted by molar-refractivity contribution is -0.128. The topological polar surface area (TPSA) is 85.8 Å². The van der Waals surface area contributed by atoms with Crippen LogP contribution in [0.15, 0.2) is 18.2 Å². The maximum atomic E-state index is 16.0. The summed E-state index contributed by atoms with van der Waals surface area (Å²) in [4.78, 5) is 32.2. The fourth-order valence-corrected chi connectivity index (χ4v) is 5.28. The number of benzene rings is 1. The van der Waals surface area contributed by atoms with Crippen molar-refractivity contribution >= 4 is 28.5 Å². The summed E-state index contributed by atoms with van der Waals surface area (Å²) >= 11 is 0. The fraction of sp³-hybridized carbons (Fsp3) is 0.560. The van der Waals surface area contributed by atoms with E-state index in [1.165, 1.54) is 4.90 Å². The number of pyridine rings is 1. The first-order valence-electron chi connectivity index (χ1n) is 11.6. The van der Waals surface area contributed by atoms with Crippen molar-refractivity contribution in [3.63, 3.8) is 0 Å². The van der Waals surface area contributed by atoms with Gasteiger partial charge in [-0.15, -0.1) is 0 Å². The third-order valence-electron chi connectivity index (χ3n) is 7.04. The Kier molecular flexibility index (Phi) is 5.95. The molecule has 2 saturated heterocycles. The van der Waals surface area contributed by atoms with E-state index in [1.54, 1.807) is 25.1 Å². The predicted octanol–water partition coefficient (Wildman–Crippen LogP) is 3.70. The summed E-state index contributed by atoms with van der Waals surface area (Å²) < 4.78 is 16.0. The Morgan fingerprint density at radius 1 is 1.24 bits per heavy atom. The minimum absolute atomic E-state index is 0.173. The molecule has 0 saturated carbocycles. The maximum absolute atomic E-state index is 16.0. The SMILES string of the molecule is Cc1nc2ccc(C3(O)CCN(CC(C)C)CC3(C)C)c(F)c2cc1N1CCC(=O)NC1=O. The van der Waals surface area contributed by atoms with Crippen molar-refractivity contribution in [1.82, 2.24) is 15.2 Å². The number of likely N-dealkylation sites (tertiary alicyclic amines) is 1. The number of nitrogens with one attached hydrogen (secondary N) is 1. The number of aliphatic hydroxyl groups is 1. The number of fused-ring (bicyclic) bond motifs is 1. The Morgan fingerprint density at radius 2 is 1.97 bits per heavy atom. The zero-order valence-electron chi connectivity index (χ0n) is 20.0. The highest BCUT2D eigenvalue weighted by molar-refractivity contribution is 6.06. The molecule has 8 heteroatoms. The number of hydrogen-bond acceptors (Lipinski definition) is 5. The number of imide groups is 1. The highest BCUT2D eigenvalue weighted by Gasteiger charge is 2.50. The second kappa shape index (κ2) is 8.33. The number of anilines is 1. The van der Waals surface area contributed by atoms with Crippen LogP contribution >= 0.6 is 0 Å². The molecule has 0 radical (unpaired) electrons. The van der Waals surface area contributed by atoms with Gasteiger partial charge in [0.15, 0.2) is 0 Å². The van der Waals surface area contributed by atoms with Gasteiger partial charge in [-0.2, -0.15) is 0 Å². The summed E-state index contributed by atoms with van der Waals surface area (Å²) in [7, 11) is 0. The molecular weight excluding hydrogens is 423 g/mol. The molecule has 33 heavy (non-hydrogen) atoms. The Labute approximate surface area is 194 Å². The molecule has 2 fully saturated rings.